The Morgan fingerprint density at radius 3 is 2.71 bits per heavy atom. The third-order valence-electron chi connectivity index (χ3n) is 2.96. The van der Waals surface area contributed by atoms with Gasteiger partial charge in [-0.1, -0.05) is 6.07 Å². The lowest BCUT2D eigenvalue weighted by molar-refractivity contribution is -0.383. The van der Waals surface area contributed by atoms with E-state index in [0.29, 0.717) is 0 Å². The van der Waals surface area contributed by atoms with Crippen molar-refractivity contribution in [3.63, 3.8) is 0 Å². The maximum atomic E-state index is 11.8. The fourth-order valence-corrected chi connectivity index (χ4v) is 1.73. The Balaban J connectivity index is 2.22. The maximum Gasteiger partial charge on any atom is 0.292 e. The van der Waals surface area contributed by atoms with Crippen LogP contribution in [0, 0.1) is 10.1 Å². The van der Waals surface area contributed by atoms with Crippen LogP contribution in [0.1, 0.15) is 29.6 Å². The molecule has 1 aromatic carbocycles. The molecule has 0 unspecified atom stereocenters. The minimum absolute atomic E-state index is 0.0747. The van der Waals surface area contributed by atoms with Crippen LogP contribution in [0.2, 0.25) is 0 Å². The standard InChI is InChI=1S/C11H13N3O3/c12-10-8(5-2-6-9(10)14(16)17)11(15)13-7-3-1-4-7/h2,5-7H,1,3-4,12H2,(H,13,15). The number of rotatable bonds is 3. The number of nitro groups is 1. The van der Waals surface area contributed by atoms with Crippen molar-refractivity contribution in [3.05, 3.63) is 33.9 Å². The van der Waals surface area contributed by atoms with Gasteiger partial charge < -0.3 is 11.1 Å². The van der Waals surface area contributed by atoms with Crippen molar-refractivity contribution in [2.75, 3.05) is 5.73 Å². The number of anilines is 1. The van der Waals surface area contributed by atoms with E-state index in [0.717, 1.165) is 19.3 Å². The zero-order valence-electron chi connectivity index (χ0n) is 9.18. The second-order valence-electron chi connectivity index (χ2n) is 4.10. The third kappa shape index (κ3) is 2.20. The highest BCUT2D eigenvalue weighted by Crippen LogP contribution is 2.25. The number of amides is 1. The number of nitrogen functional groups attached to an aromatic ring is 1. The molecule has 90 valence electrons. The lowest BCUT2D eigenvalue weighted by Crippen LogP contribution is -2.39. The van der Waals surface area contributed by atoms with Gasteiger partial charge in [-0.15, -0.1) is 0 Å². The van der Waals surface area contributed by atoms with Crippen LogP contribution in [0.5, 0.6) is 0 Å². The van der Waals surface area contributed by atoms with Crippen molar-refractivity contribution >= 4 is 17.3 Å². The summed E-state index contributed by atoms with van der Waals surface area (Å²) < 4.78 is 0. The van der Waals surface area contributed by atoms with Crippen molar-refractivity contribution in [1.82, 2.24) is 5.32 Å². The molecule has 0 saturated heterocycles. The van der Waals surface area contributed by atoms with Crippen LogP contribution < -0.4 is 11.1 Å². The SMILES string of the molecule is Nc1c(C(=O)NC2CCC2)cccc1[N+](=O)[O-]. The molecule has 0 bridgehead atoms. The molecule has 0 aromatic heterocycles. The molecule has 1 fully saturated rings. The minimum Gasteiger partial charge on any atom is -0.393 e. The van der Waals surface area contributed by atoms with E-state index in [1.807, 2.05) is 0 Å². The van der Waals surface area contributed by atoms with Crippen molar-refractivity contribution < 1.29 is 9.72 Å². The zero-order chi connectivity index (χ0) is 12.4. The molecule has 1 aliphatic carbocycles. The number of nitro benzene ring substituents is 1. The Hall–Kier alpha value is -2.11. The summed E-state index contributed by atoms with van der Waals surface area (Å²) in [5, 5.41) is 13.5. The third-order valence-corrected chi connectivity index (χ3v) is 2.96. The second kappa shape index (κ2) is 4.40. The highest BCUT2D eigenvalue weighted by molar-refractivity contribution is 6.01. The Bertz CT molecular complexity index is 469. The average Bonchev–Trinajstić information content (AvgIpc) is 2.23. The van der Waals surface area contributed by atoms with Crippen molar-refractivity contribution in [2.24, 2.45) is 0 Å². The van der Waals surface area contributed by atoms with Gasteiger partial charge in [-0.2, -0.15) is 0 Å². The van der Waals surface area contributed by atoms with E-state index in [9.17, 15) is 14.9 Å². The number of hydrogen-bond donors (Lipinski definition) is 2. The molecule has 2 rings (SSSR count). The smallest absolute Gasteiger partial charge is 0.292 e. The van der Waals surface area contributed by atoms with Gasteiger partial charge in [0, 0.05) is 12.1 Å². The minimum atomic E-state index is -0.588. The van der Waals surface area contributed by atoms with Crippen LogP contribution in [-0.4, -0.2) is 16.9 Å². The number of carbonyl (C=O) groups is 1. The highest BCUT2D eigenvalue weighted by atomic mass is 16.6. The number of para-hydroxylation sites is 1. The Morgan fingerprint density at radius 2 is 2.18 bits per heavy atom. The Kier molecular flexibility index (Phi) is 2.95. The first-order valence-corrected chi connectivity index (χ1v) is 5.43. The summed E-state index contributed by atoms with van der Waals surface area (Å²) in [7, 11) is 0. The molecule has 1 saturated carbocycles. The van der Waals surface area contributed by atoms with Gasteiger partial charge in [0.1, 0.15) is 5.69 Å². The molecule has 17 heavy (non-hydrogen) atoms. The molecule has 6 heteroatoms. The summed E-state index contributed by atoms with van der Waals surface area (Å²) >= 11 is 0. The van der Waals surface area contributed by atoms with Gasteiger partial charge in [0.25, 0.3) is 11.6 Å². The summed E-state index contributed by atoms with van der Waals surface area (Å²) in [5.74, 6) is -0.337. The molecule has 1 aliphatic rings. The molecule has 1 aromatic rings. The molecular weight excluding hydrogens is 222 g/mol. The number of carbonyl (C=O) groups excluding carboxylic acids is 1. The molecule has 6 nitrogen and oxygen atoms in total. The summed E-state index contributed by atoms with van der Waals surface area (Å²) in [6.45, 7) is 0. The summed E-state index contributed by atoms with van der Waals surface area (Å²) in [6, 6.07) is 4.43. The van der Waals surface area contributed by atoms with E-state index < -0.39 is 4.92 Å². The normalized spacial score (nSPS) is 15.1. The molecule has 1 amide bonds. The first kappa shape index (κ1) is 11.4. The quantitative estimate of drug-likeness (QED) is 0.470. The largest absolute Gasteiger partial charge is 0.393 e. The molecule has 0 spiro atoms. The highest BCUT2D eigenvalue weighted by Gasteiger charge is 2.23. The van der Waals surface area contributed by atoms with Gasteiger partial charge in [-0.3, -0.25) is 14.9 Å². The van der Waals surface area contributed by atoms with Gasteiger partial charge >= 0.3 is 0 Å². The Labute approximate surface area is 98.0 Å². The summed E-state index contributed by atoms with van der Waals surface area (Å²) in [6.07, 6.45) is 3.02. The lowest BCUT2D eigenvalue weighted by Gasteiger charge is -2.26. The number of nitrogens with two attached hydrogens (primary N) is 1. The van der Waals surface area contributed by atoms with E-state index in [2.05, 4.69) is 5.32 Å². The molecule has 0 heterocycles. The first-order chi connectivity index (χ1) is 8.09. The van der Waals surface area contributed by atoms with Gasteiger partial charge in [0.2, 0.25) is 0 Å². The maximum absolute atomic E-state index is 11.8. The van der Waals surface area contributed by atoms with Gasteiger partial charge in [0.05, 0.1) is 10.5 Å². The van der Waals surface area contributed by atoms with Crippen molar-refractivity contribution in [2.45, 2.75) is 25.3 Å². The predicted octanol–water partition coefficient (Wildman–Crippen LogP) is 1.46. The van der Waals surface area contributed by atoms with E-state index in [1.54, 1.807) is 0 Å². The van der Waals surface area contributed by atoms with Crippen LogP contribution in [-0.2, 0) is 0 Å². The summed E-state index contributed by atoms with van der Waals surface area (Å²) in [4.78, 5) is 21.9. The number of nitrogens with zero attached hydrogens (tertiary/aromatic N) is 1. The van der Waals surface area contributed by atoms with Crippen LogP contribution >= 0.6 is 0 Å². The zero-order valence-corrected chi connectivity index (χ0v) is 9.18. The van der Waals surface area contributed by atoms with E-state index in [-0.39, 0.29) is 28.9 Å². The van der Waals surface area contributed by atoms with E-state index >= 15 is 0 Å². The van der Waals surface area contributed by atoms with Crippen LogP contribution in [0.3, 0.4) is 0 Å². The van der Waals surface area contributed by atoms with E-state index in [1.165, 1.54) is 18.2 Å². The molecule has 0 radical (unpaired) electrons. The first-order valence-electron chi connectivity index (χ1n) is 5.43. The van der Waals surface area contributed by atoms with Crippen molar-refractivity contribution in [1.29, 1.82) is 0 Å². The van der Waals surface area contributed by atoms with E-state index in [4.69, 9.17) is 5.73 Å². The number of hydrogen-bond acceptors (Lipinski definition) is 4. The number of nitrogens with one attached hydrogen (secondary N) is 1. The molecule has 0 atom stereocenters. The average molecular weight is 235 g/mol. The summed E-state index contributed by atoms with van der Waals surface area (Å²) in [5.41, 5.74) is 5.49. The van der Waals surface area contributed by atoms with Crippen LogP contribution in [0.4, 0.5) is 11.4 Å². The molecule has 3 N–H and O–H groups in total. The van der Waals surface area contributed by atoms with Crippen molar-refractivity contribution in [3.8, 4) is 0 Å². The topological polar surface area (TPSA) is 98.3 Å². The van der Waals surface area contributed by atoms with Gasteiger partial charge in [-0.05, 0) is 25.3 Å². The van der Waals surface area contributed by atoms with Gasteiger partial charge in [-0.25, -0.2) is 0 Å². The monoisotopic (exact) mass is 235 g/mol. The molecule has 0 aliphatic heterocycles. The fraction of sp³-hybridized carbons (Fsp3) is 0.364. The van der Waals surface area contributed by atoms with Crippen LogP contribution in [0.25, 0.3) is 0 Å². The fourth-order valence-electron chi connectivity index (χ4n) is 1.73. The Morgan fingerprint density at radius 1 is 1.47 bits per heavy atom. The number of benzene rings is 1. The second-order valence-corrected chi connectivity index (χ2v) is 4.10. The molecular formula is C11H13N3O3. The lowest BCUT2D eigenvalue weighted by atomic mass is 9.93. The van der Waals surface area contributed by atoms with Crippen LogP contribution in [0.15, 0.2) is 18.2 Å². The predicted molar refractivity (Wildman–Crippen MR) is 62.6 cm³/mol. The van der Waals surface area contributed by atoms with Gasteiger partial charge in [0.15, 0.2) is 0 Å².